The van der Waals surface area contributed by atoms with Gasteiger partial charge in [0.25, 0.3) is 5.91 Å². The molecule has 1 aliphatic heterocycles. The van der Waals surface area contributed by atoms with E-state index in [0.29, 0.717) is 29.9 Å². The molecule has 1 aromatic heterocycles. The van der Waals surface area contributed by atoms with Gasteiger partial charge in [-0.3, -0.25) is 9.78 Å². The number of rotatable bonds is 5. The summed E-state index contributed by atoms with van der Waals surface area (Å²) in [5.74, 6) is 0.727. The second kappa shape index (κ2) is 9.77. The molecule has 0 N–H and O–H groups in total. The van der Waals surface area contributed by atoms with Crippen molar-refractivity contribution in [2.24, 2.45) is 5.92 Å². The highest BCUT2D eigenvalue weighted by Gasteiger charge is 2.30. The van der Waals surface area contributed by atoms with E-state index >= 15 is 0 Å². The lowest BCUT2D eigenvalue weighted by molar-refractivity contribution is -0.137. The number of nitrogens with zero attached hydrogens (tertiary/aromatic N) is 2. The number of likely N-dealkylation sites (tertiary alicyclic amines) is 1. The second-order valence-corrected chi connectivity index (χ2v) is 8.88. The maximum absolute atomic E-state index is 13.0. The van der Waals surface area contributed by atoms with Gasteiger partial charge in [0, 0.05) is 37.0 Å². The topological polar surface area (TPSA) is 33.2 Å². The Bertz CT molecular complexity index is 1120. The molecular formula is C27H27F3N2O. The van der Waals surface area contributed by atoms with Crippen molar-refractivity contribution in [3.63, 3.8) is 0 Å². The maximum atomic E-state index is 13.0. The number of alkyl halides is 3. The monoisotopic (exact) mass is 452 g/mol. The van der Waals surface area contributed by atoms with E-state index in [4.69, 9.17) is 0 Å². The molecule has 172 valence electrons. The van der Waals surface area contributed by atoms with Crippen molar-refractivity contribution in [3.8, 4) is 0 Å². The van der Waals surface area contributed by atoms with Gasteiger partial charge in [-0.2, -0.15) is 13.2 Å². The molecule has 6 heteroatoms. The zero-order valence-corrected chi connectivity index (χ0v) is 18.6. The summed E-state index contributed by atoms with van der Waals surface area (Å²) in [5, 5.41) is 0. The number of carbonyl (C=O) groups is 1. The molecule has 1 amide bonds. The SMILES string of the molecule is CC1CCN(C(=O)c2cccc(Cc3cc(Cc4cccc(C(F)(F)F)c4)ccn3)c2)CC1. The van der Waals surface area contributed by atoms with Crippen LogP contribution in [0.3, 0.4) is 0 Å². The van der Waals surface area contributed by atoms with Gasteiger partial charge < -0.3 is 4.90 Å². The van der Waals surface area contributed by atoms with Gasteiger partial charge >= 0.3 is 6.18 Å². The van der Waals surface area contributed by atoms with Crippen LogP contribution in [0, 0.1) is 5.92 Å². The first-order chi connectivity index (χ1) is 15.8. The first kappa shape index (κ1) is 23.0. The molecule has 1 fully saturated rings. The molecule has 1 saturated heterocycles. The van der Waals surface area contributed by atoms with Crippen molar-refractivity contribution < 1.29 is 18.0 Å². The number of hydrogen-bond acceptors (Lipinski definition) is 2. The molecule has 0 unspecified atom stereocenters. The molecule has 4 rings (SSSR count). The third kappa shape index (κ3) is 6.01. The van der Waals surface area contributed by atoms with Crippen LogP contribution in [0.15, 0.2) is 66.9 Å². The van der Waals surface area contributed by atoms with E-state index < -0.39 is 11.7 Å². The molecule has 3 aromatic rings. The van der Waals surface area contributed by atoms with Crippen LogP contribution in [-0.4, -0.2) is 28.9 Å². The van der Waals surface area contributed by atoms with Crippen molar-refractivity contribution in [2.45, 2.75) is 38.8 Å². The van der Waals surface area contributed by atoms with Gasteiger partial charge in [0.15, 0.2) is 0 Å². The van der Waals surface area contributed by atoms with Gasteiger partial charge in [-0.1, -0.05) is 37.3 Å². The Hall–Kier alpha value is -3.15. The van der Waals surface area contributed by atoms with Gasteiger partial charge in [-0.25, -0.2) is 0 Å². The highest BCUT2D eigenvalue weighted by Crippen LogP contribution is 2.30. The third-order valence-corrected chi connectivity index (χ3v) is 6.17. The second-order valence-electron chi connectivity index (χ2n) is 8.88. The largest absolute Gasteiger partial charge is 0.416 e. The lowest BCUT2D eigenvalue weighted by Gasteiger charge is -2.30. The van der Waals surface area contributed by atoms with Gasteiger partial charge in [-0.05, 0) is 72.2 Å². The molecule has 0 saturated carbocycles. The number of amides is 1. The summed E-state index contributed by atoms with van der Waals surface area (Å²) < 4.78 is 39.0. The fraction of sp³-hybridized carbons (Fsp3) is 0.333. The smallest absolute Gasteiger partial charge is 0.339 e. The number of pyridine rings is 1. The Labute approximate surface area is 192 Å². The summed E-state index contributed by atoms with van der Waals surface area (Å²) in [5.41, 5.74) is 3.34. The van der Waals surface area contributed by atoms with Crippen LogP contribution >= 0.6 is 0 Å². The molecule has 33 heavy (non-hydrogen) atoms. The number of benzene rings is 2. The minimum Gasteiger partial charge on any atom is -0.339 e. The quantitative estimate of drug-likeness (QED) is 0.465. The highest BCUT2D eigenvalue weighted by atomic mass is 19.4. The summed E-state index contributed by atoms with van der Waals surface area (Å²) >= 11 is 0. The molecule has 0 spiro atoms. The molecule has 2 heterocycles. The first-order valence-corrected chi connectivity index (χ1v) is 11.3. The van der Waals surface area contributed by atoms with Gasteiger partial charge in [-0.15, -0.1) is 0 Å². The lowest BCUT2D eigenvalue weighted by atomic mass is 9.98. The molecule has 0 atom stereocenters. The van der Waals surface area contributed by atoms with E-state index in [-0.39, 0.29) is 5.91 Å². The average molecular weight is 453 g/mol. The van der Waals surface area contributed by atoms with Crippen LogP contribution in [0.25, 0.3) is 0 Å². The van der Waals surface area contributed by atoms with Crippen LogP contribution in [0.2, 0.25) is 0 Å². The van der Waals surface area contributed by atoms with E-state index in [1.165, 1.54) is 12.1 Å². The van der Waals surface area contributed by atoms with Gasteiger partial charge in [0.2, 0.25) is 0 Å². The van der Waals surface area contributed by atoms with Gasteiger partial charge in [0.1, 0.15) is 0 Å². The van der Waals surface area contributed by atoms with Crippen molar-refractivity contribution in [1.29, 1.82) is 0 Å². The first-order valence-electron chi connectivity index (χ1n) is 11.3. The minimum atomic E-state index is -4.35. The minimum absolute atomic E-state index is 0.0648. The van der Waals surface area contributed by atoms with E-state index in [1.54, 1.807) is 12.3 Å². The maximum Gasteiger partial charge on any atom is 0.416 e. The highest BCUT2D eigenvalue weighted by molar-refractivity contribution is 5.94. The number of piperidine rings is 1. The molecule has 0 radical (unpaired) electrons. The van der Waals surface area contributed by atoms with Crippen molar-refractivity contribution in [1.82, 2.24) is 9.88 Å². The summed E-state index contributed by atoms with van der Waals surface area (Å²) in [7, 11) is 0. The summed E-state index contributed by atoms with van der Waals surface area (Å²) in [4.78, 5) is 19.3. The van der Waals surface area contributed by atoms with E-state index in [2.05, 4.69) is 11.9 Å². The third-order valence-electron chi connectivity index (χ3n) is 6.17. The Morgan fingerprint density at radius 3 is 2.33 bits per heavy atom. The summed E-state index contributed by atoms with van der Waals surface area (Å²) in [6.07, 6.45) is 0.346. The predicted molar refractivity (Wildman–Crippen MR) is 122 cm³/mol. The van der Waals surface area contributed by atoms with Crippen molar-refractivity contribution >= 4 is 5.91 Å². The number of carbonyl (C=O) groups excluding carboxylic acids is 1. The molecule has 2 aromatic carbocycles. The van der Waals surface area contributed by atoms with Crippen LogP contribution in [0.1, 0.15) is 58.1 Å². The summed E-state index contributed by atoms with van der Waals surface area (Å²) in [6.45, 7) is 3.81. The summed E-state index contributed by atoms with van der Waals surface area (Å²) in [6, 6.07) is 16.8. The van der Waals surface area contributed by atoms with Crippen molar-refractivity contribution in [2.75, 3.05) is 13.1 Å². The number of aromatic nitrogens is 1. The van der Waals surface area contributed by atoms with Crippen molar-refractivity contribution in [3.05, 3.63) is 100 Å². The fourth-order valence-corrected chi connectivity index (χ4v) is 4.25. The normalized spacial score (nSPS) is 15.0. The van der Waals surface area contributed by atoms with Crippen LogP contribution in [0.5, 0.6) is 0 Å². The lowest BCUT2D eigenvalue weighted by Crippen LogP contribution is -2.37. The molecule has 0 aliphatic carbocycles. The molecule has 1 aliphatic rings. The van der Waals surface area contributed by atoms with Crippen LogP contribution < -0.4 is 0 Å². The Balaban J connectivity index is 1.46. The predicted octanol–water partition coefficient (Wildman–Crippen LogP) is 6.15. The zero-order valence-electron chi connectivity index (χ0n) is 18.6. The van der Waals surface area contributed by atoms with Crippen LogP contribution in [0.4, 0.5) is 13.2 Å². The number of halogens is 3. The Kier molecular flexibility index (Phi) is 6.82. The average Bonchev–Trinajstić information content (AvgIpc) is 2.79. The number of hydrogen-bond donors (Lipinski definition) is 0. The molecule has 0 bridgehead atoms. The van der Waals surface area contributed by atoms with E-state index in [0.717, 1.165) is 48.8 Å². The fourth-order valence-electron chi connectivity index (χ4n) is 4.25. The van der Waals surface area contributed by atoms with Crippen LogP contribution in [-0.2, 0) is 19.0 Å². The molecular weight excluding hydrogens is 425 g/mol. The Morgan fingerprint density at radius 1 is 0.939 bits per heavy atom. The molecule has 3 nitrogen and oxygen atoms in total. The standard InChI is InChI=1S/C27H27F3N2O/c1-19-9-12-32(13-10-19)26(33)23-6-2-4-21(15-23)17-25-18-22(8-11-31-25)14-20-5-3-7-24(16-20)27(28,29)30/h2-8,11,15-16,18-19H,9-10,12-14,17H2,1H3. The zero-order chi connectivity index (χ0) is 23.4. The van der Waals surface area contributed by atoms with Gasteiger partial charge in [0.05, 0.1) is 5.56 Å². The van der Waals surface area contributed by atoms with E-state index in [1.807, 2.05) is 41.3 Å². The Morgan fingerprint density at radius 2 is 1.61 bits per heavy atom. The van der Waals surface area contributed by atoms with E-state index in [9.17, 15) is 18.0 Å².